The van der Waals surface area contributed by atoms with Crippen LogP contribution in [0.3, 0.4) is 0 Å². The lowest BCUT2D eigenvalue weighted by molar-refractivity contribution is 0.275. The molecule has 4 aromatic rings. The van der Waals surface area contributed by atoms with E-state index in [4.69, 9.17) is 4.52 Å². The first kappa shape index (κ1) is 11.9. The molecule has 2 aromatic heterocycles. The summed E-state index contributed by atoms with van der Waals surface area (Å²) in [4.78, 5) is 16.6. The number of fused-ring (bicyclic) bond motifs is 2. The molecule has 0 aliphatic heterocycles. The van der Waals surface area contributed by atoms with Crippen LogP contribution in [0.5, 0.6) is 0 Å². The monoisotopic (exact) mass is 276 g/mol. The number of para-hydroxylation sites is 1. The predicted octanol–water partition coefficient (Wildman–Crippen LogP) is 3.19. The van der Waals surface area contributed by atoms with Crippen LogP contribution in [0.15, 0.2) is 70.0 Å². The van der Waals surface area contributed by atoms with Crippen LogP contribution in [0, 0.1) is 0 Å². The van der Waals surface area contributed by atoms with Crippen LogP contribution in [-0.2, 0) is 6.54 Å². The van der Waals surface area contributed by atoms with Crippen LogP contribution in [0.25, 0.3) is 21.9 Å². The number of hydrogen-bond donors (Lipinski definition) is 0. The molecule has 0 fully saturated rings. The van der Waals surface area contributed by atoms with Crippen LogP contribution in [0.4, 0.5) is 0 Å². The Morgan fingerprint density at radius 2 is 1.76 bits per heavy atom. The Balaban J connectivity index is 1.93. The zero-order valence-electron chi connectivity index (χ0n) is 11.2. The summed E-state index contributed by atoms with van der Waals surface area (Å²) >= 11 is 0. The molecule has 0 spiro atoms. The molecule has 0 unspecified atom stereocenters. The van der Waals surface area contributed by atoms with Gasteiger partial charge in [-0.1, -0.05) is 48.5 Å². The lowest BCUT2D eigenvalue weighted by Crippen LogP contribution is -1.99. The second-order valence-electron chi connectivity index (χ2n) is 4.95. The van der Waals surface area contributed by atoms with Crippen molar-refractivity contribution >= 4 is 21.9 Å². The Bertz CT molecular complexity index is 984. The molecular formula is C17H12N2O2. The standard InChI is InChI=1S/C17H12N2O2/c20-17-14-10-13-8-4-5-9-15(13)18-16(14)19(21-17)11-12-6-2-1-3-7-12/h1-10H,11H2. The van der Waals surface area contributed by atoms with Crippen molar-refractivity contribution in [2.75, 3.05) is 0 Å². The van der Waals surface area contributed by atoms with Gasteiger partial charge in [-0.3, -0.25) is 0 Å². The minimum absolute atomic E-state index is 0.348. The lowest BCUT2D eigenvalue weighted by atomic mass is 10.2. The third-order valence-corrected chi connectivity index (χ3v) is 3.52. The summed E-state index contributed by atoms with van der Waals surface area (Å²) in [5.41, 5.74) is 2.16. The molecule has 0 aliphatic rings. The highest BCUT2D eigenvalue weighted by molar-refractivity contribution is 5.90. The van der Waals surface area contributed by atoms with E-state index in [-0.39, 0.29) is 5.63 Å². The van der Waals surface area contributed by atoms with Gasteiger partial charge in [0.15, 0.2) is 5.65 Å². The molecule has 0 saturated carbocycles. The summed E-state index contributed by atoms with van der Waals surface area (Å²) in [7, 11) is 0. The van der Waals surface area contributed by atoms with Crippen molar-refractivity contribution in [3.63, 3.8) is 0 Å². The van der Waals surface area contributed by atoms with Gasteiger partial charge in [-0.2, -0.15) is 4.74 Å². The second-order valence-corrected chi connectivity index (χ2v) is 4.95. The molecule has 0 saturated heterocycles. The van der Waals surface area contributed by atoms with E-state index in [9.17, 15) is 4.79 Å². The van der Waals surface area contributed by atoms with Crippen molar-refractivity contribution in [3.8, 4) is 0 Å². The first-order valence-electron chi connectivity index (χ1n) is 6.75. The average molecular weight is 276 g/mol. The molecule has 0 aliphatic carbocycles. The van der Waals surface area contributed by atoms with Gasteiger partial charge in [0.25, 0.3) is 0 Å². The molecular weight excluding hydrogens is 264 g/mol. The molecule has 4 heteroatoms. The maximum Gasteiger partial charge on any atom is 0.367 e. The van der Waals surface area contributed by atoms with Gasteiger partial charge < -0.3 is 4.52 Å². The molecule has 0 radical (unpaired) electrons. The summed E-state index contributed by atoms with van der Waals surface area (Å²) in [6.45, 7) is 0.491. The van der Waals surface area contributed by atoms with E-state index in [0.717, 1.165) is 16.5 Å². The Hall–Kier alpha value is -2.88. The normalized spacial score (nSPS) is 11.2. The zero-order chi connectivity index (χ0) is 14.2. The molecule has 2 aromatic carbocycles. The van der Waals surface area contributed by atoms with Crippen molar-refractivity contribution in [2.24, 2.45) is 0 Å². The van der Waals surface area contributed by atoms with Crippen LogP contribution in [-0.4, -0.2) is 9.72 Å². The molecule has 0 N–H and O–H groups in total. The predicted molar refractivity (Wildman–Crippen MR) is 81.3 cm³/mol. The minimum Gasteiger partial charge on any atom is -0.333 e. The Kier molecular flexibility index (Phi) is 2.60. The quantitative estimate of drug-likeness (QED) is 0.565. The number of aromatic nitrogens is 2. The minimum atomic E-state index is -0.348. The molecule has 2 heterocycles. The largest absolute Gasteiger partial charge is 0.367 e. The maximum absolute atomic E-state index is 12.0. The molecule has 4 rings (SSSR count). The zero-order valence-corrected chi connectivity index (χ0v) is 11.2. The van der Waals surface area contributed by atoms with E-state index in [1.165, 1.54) is 0 Å². The van der Waals surface area contributed by atoms with E-state index in [1.807, 2.05) is 60.7 Å². The molecule has 0 atom stereocenters. The van der Waals surface area contributed by atoms with E-state index >= 15 is 0 Å². The maximum atomic E-state index is 12.0. The second kappa shape index (κ2) is 4.59. The SMILES string of the molecule is O=c1on(Cc2ccccc2)c2nc3ccccc3cc12. The highest BCUT2D eigenvalue weighted by atomic mass is 16.5. The van der Waals surface area contributed by atoms with E-state index in [2.05, 4.69) is 4.98 Å². The average Bonchev–Trinajstić information content (AvgIpc) is 2.82. The number of hydrogen-bond acceptors (Lipinski definition) is 3. The van der Waals surface area contributed by atoms with Crippen LogP contribution < -0.4 is 5.63 Å². The van der Waals surface area contributed by atoms with Crippen molar-refractivity contribution in [1.82, 2.24) is 9.72 Å². The molecule has 102 valence electrons. The molecule has 21 heavy (non-hydrogen) atoms. The Labute approximate surface area is 120 Å². The Morgan fingerprint density at radius 1 is 1.00 bits per heavy atom. The van der Waals surface area contributed by atoms with E-state index in [1.54, 1.807) is 4.74 Å². The van der Waals surface area contributed by atoms with Crippen LogP contribution >= 0.6 is 0 Å². The highest BCUT2D eigenvalue weighted by Crippen LogP contribution is 2.18. The van der Waals surface area contributed by atoms with Gasteiger partial charge >= 0.3 is 5.63 Å². The first-order valence-corrected chi connectivity index (χ1v) is 6.75. The topological polar surface area (TPSA) is 48.0 Å². The number of rotatable bonds is 2. The first-order chi connectivity index (χ1) is 10.3. The lowest BCUT2D eigenvalue weighted by Gasteiger charge is -2.02. The number of benzene rings is 2. The van der Waals surface area contributed by atoms with E-state index in [0.29, 0.717) is 17.6 Å². The highest BCUT2D eigenvalue weighted by Gasteiger charge is 2.12. The van der Waals surface area contributed by atoms with Gasteiger partial charge in [0.2, 0.25) is 0 Å². The fourth-order valence-electron chi connectivity index (χ4n) is 2.49. The van der Waals surface area contributed by atoms with Crippen molar-refractivity contribution in [1.29, 1.82) is 0 Å². The third-order valence-electron chi connectivity index (χ3n) is 3.52. The fraction of sp³-hybridized carbons (Fsp3) is 0.0588. The van der Waals surface area contributed by atoms with Gasteiger partial charge in [-0.05, 0) is 17.7 Å². The number of nitrogens with zero attached hydrogens (tertiary/aromatic N) is 2. The Morgan fingerprint density at radius 3 is 2.62 bits per heavy atom. The molecule has 0 amide bonds. The van der Waals surface area contributed by atoms with Gasteiger partial charge in [0.05, 0.1) is 12.1 Å². The summed E-state index contributed by atoms with van der Waals surface area (Å²) < 4.78 is 6.89. The van der Waals surface area contributed by atoms with Gasteiger partial charge in [0.1, 0.15) is 5.39 Å². The van der Waals surface area contributed by atoms with Crippen molar-refractivity contribution in [3.05, 3.63) is 76.6 Å². The van der Waals surface area contributed by atoms with E-state index < -0.39 is 0 Å². The molecule has 4 nitrogen and oxygen atoms in total. The fourth-order valence-corrected chi connectivity index (χ4v) is 2.49. The summed E-state index contributed by atoms with van der Waals surface area (Å²) in [6, 6.07) is 19.4. The smallest absolute Gasteiger partial charge is 0.333 e. The molecule has 0 bridgehead atoms. The van der Waals surface area contributed by atoms with Gasteiger partial charge in [0, 0.05) is 5.39 Å². The van der Waals surface area contributed by atoms with Gasteiger partial charge in [-0.15, -0.1) is 0 Å². The van der Waals surface area contributed by atoms with Crippen LogP contribution in [0.1, 0.15) is 5.56 Å². The summed E-state index contributed by atoms with van der Waals surface area (Å²) in [5.74, 6) is 0. The number of pyridine rings is 1. The summed E-state index contributed by atoms with van der Waals surface area (Å²) in [5, 5.41) is 1.46. The van der Waals surface area contributed by atoms with Crippen molar-refractivity contribution in [2.45, 2.75) is 6.54 Å². The van der Waals surface area contributed by atoms with Crippen molar-refractivity contribution < 1.29 is 4.52 Å². The van der Waals surface area contributed by atoms with Gasteiger partial charge in [-0.25, -0.2) is 9.78 Å². The van der Waals surface area contributed by atoms with Crippen LogP contribution in [0.2, 0.25) is 0 Å². The third kappa shape index (κ3) is 2.01. The summed E-state index contributed by atoms with van der Waals surface area (Å²) in [6.07, 6.45) is 0.